The van der Waals surface area contributed by atoms with Crippen molar-refractivity contribution in [1.82, 2.24) is 5.32 Å². The van der Waals surface area contributed by atoms with E-state index >= 15 is 0 Å². The van der Waals surface area contributed by atoms with Gasteiger partial charge in [0.25, 0.3) is 0 Å². The summed E-state index contributed by atoms with van der Waals surface area (Å²) in [5.41, 5.74) is -0.434. The first-order valence-electron chi connectivity index (χ1n) is 3.70. The van der Waals surface area contributed by atoms with Gasteiger partial charge >= 0.3 is 0 Å². The number of hydrogen-bond acceptors (Lipinski definition) is 2. The minimum absolute atomic E-state index is 0.165. The fraction of sp³-hybridized carbons (Fsp3) is 0.667. The van der Waals surface area contributed by atoms with Gasteiger partial charge in [0.2, 0.25) is 0 Å². The Morgan fingerprint density at radius 3 is 2.55 bits per heavy atom. The van der Waals surface area contributed by atoms with E-state index in [9.17, 15) is 4.79 Å². The minimum Gasteiger partial charge on any atom is -0.308 e. The van der Waals surface area contributed by atoms with Gasteiger partial charge in [-0.1, -0.05) is 0 Å². The zero-order chi connectivity index (χ0) is 8.91. The van der Waals surface area contributed by atoms with Crippen LogP contribution in [0.5, 0.6) is 0 Å². The van der Waals surface area contributed by atoms with Crippen LogP contribution in [0.3, 0.4) is 0 Å². The summed E-state index contributed by atoms with van der Waals surface area (Å²) in [4.78, 5) is 11.3. The summed E-state index contributed by atoms with van der Waals surface area (Å²) in [6.45, 7) is 3.71. The van der Waals surface area contributed by atoms with Crippen molar-refractivity contribution in [3.8, 4) is 12.3 Å². The van der Waals surface area contributed by atoms with Gasteiger partial charge < -0.3 is 5.32 Å². The summed E-state index contributed by atoms with van der Waals surface area (Å²) in [6.07, 6.45) is 6.03. The molecule has 2 nitrogen and oxygen atoms in total. The van der Waals surface area contributed by atoms with E-state index < -0.39 is 5.54 Å². The maximum absolute atomic E-state index is 11.3. The molecule has 0 radical (unpaired) electrons. The number of nitrogens with one attached hydrogen (secondary N) is 1. The number of terminal acetylenes is 1. The average molecular weight is 153 g/mol. The Kier molecular flexibility index (Phi) is 3.84. The fourth-order valence-corrected chi connectivity index (χ4v) is 0.638. The molecule has 0 rings (SSSR count). The lowest BCUT2D eigenvalue weighted by atomic mass is 9.96. The second-order valence-corrected chi connectivity index (χ2v) is 3.00. The van der Waals surface area contributed by atoms with Crippen LogP contribution in [0.2, 0.25) is 0 Å². The van der Waals surface area contributed by atoms with E-state index in [0.29, 0.717) is 12.8 Å². The molecule has 62 valence electrons. The summed E-state index contributed by atoms with van der Waals surface area (Å²) in [5.74, 6) is 2.61. The molecule has 0 amide bonds. The molecule has 0 saturated heterocycles. The van der Waals surface area contributed by atoms with E-state index in [2.05, 4.69) is 11.2 Å². The quantitative estimate of drug-likeness (QED) is 0.610. The SMILES string of the molecule is C#CCCC(=O)C(C)(C)NC. The lowest BCUT2D eigenvalue weighted by Crippen LogP contribution is -2.44. The third kappa shape index (κ3) is 3.20. The Labute approximate surface area is 68.4 Å². The van der Waals surface area contributed by atoms with Gasteiger partial charge in [0.15, 0.2) is 5.78 Å². The highest BCUT2D eigenvalue weighted by Gasteiger charge is 2.23. The Hall–Kier alpha value is -0.810. The van der Waals surface area contributed by atoms with Gasteiger partial charge in [0.05, 0.1) is 5.54 Å². The predicted octanol–water partition coefficient (Wildman–Crippen LogP) is 0.967. The van der Waals surface area contributed by atoms with Crippen LogP contribution in [0, 0.1) is 12.3 Å². The highest BCUT2D eigenvalue weighted by molar-refractivity contribution is 5.87. The van der Waals surface area contributed by atoms with Crippen molar-refractivity contribution in [1.29, 1.82) is 0 Å². The summed E-state index contributed by atoms with van der Waals surface area (Å²) >= 11 is 0. The predicted molar refractivity (Wildman–Crippen MR) is 46.2 cm³/mol. The lowest BCUT2D eigenvalue weighted by molar-refractivity contribution is -0.123. The molecule has 0 unspecified atom stereocenters. The van der Waals surface area contributed by atoms with Crippen molar-refractivity contribution >= 4 is 5.78 Å². The number of carbonyl (C=O) groups excluding carboxylic acids is 1. The van der Waals surface area contributed by atoms with E-state index in [1.807, 2.05) is 13.8 Å². The summed E-state index contributed by atoms with van der Waals surface area (Å²) in [5, 5.41) is 2.93. The second-order valence-electron chi connectivity index (χ2n) is 3.00. The van der Waals surface area contributed by atoms with Gasteiger partial charge in [0, 0.05) is 12.8 Å². The topological polar surface area (TPSA) is 29.1 Å². The average Bonchev–Trinajstić information content (AvgIpc) is 2.00. The molecule has 2 heteroatoms. The van der Waals surface area contributed by atoms with Crippen molar-refractivity contribution in [2.24, 2.45) is 0 Å². The lowest BCUT2D eigenvalue weighted by Gasteiger charge is -2.21. The monoisotopic (exact) mass is 153 g/mol. The first kappa shape index (κ1) is 10.2. The molecular weight excluding hydrogens is 138 g/mol. The maximum Gasteiger partial charge on any atom is 0.153 e. The van der Waals surface area contributed by atoms with Crippen LogP contribution in [-0.4, -0.2) is 18.4 Å². The van der Waals surface area contributed by atoms with Crippen molar-refractivity contribution < 1.29 is 4.79 Å². The first-order valence-corrected chi connectivity index (χ1v) is 3.70. The van der Waals surface area contributed by atoms with E-state index in [1.165, 1.54) is 0 Å². The molecule has 1 N–H and O–H groups in total. The van der Waals surface area contributed by atoms with Gasteiger partial charge in [-0.2, -0.15) is 0 Å². The van der Waals surface area contributed by atoms with Crippen LogP contribution < -0.4 is 5.32 Å². The number of carbonyl (C=O) groups is 1. The van der Waals surface area contributed by atoms with Crippen LogP contribution in [0.15, 0.2) is 0 Å². The highest BCUT2D eigenvalue weighted by Crippen LogP contribution is 2.06. The summed E-state index contributed by atoms with van der Waals surface area (Å²) < 4.78 is 0. The van der Waals surface area contributed by atoms with Crippen LogP contribution in [-0.2, 0) is 4.79 Å². The smallest absolute Gasteiger partial charge is 0.153 e. The number of ketones is 1. The van der Waals surface area contributed by atoms with Gasteiger partial charge in [-0.15, -0.1) is 12.3 Å². The van der Waals surface area contributed by atoms with Gasteiger partial charge in [-0.25, -0.2) is 0 Å². The fourth-order valence-electron chi connectivity index (χ4n) is 0.638. The largest absolute Gasteiger partial charge is 0.308 e. The normalized spacial score (nSPS) is 10.7. The van der Waals surface area contributed by atoms with Gasteiger partial charge in [-0.3, -0.25) is 4.79 Å². The zero-order valence-corrected chi connectivity index (χ0v) is 7.40. The van der Waals surface area contributed by atoms with Gasteiger partial charge in [-0.05, 0) is 20.9 Å². The maximum atomic E-state index is 11.3. The number of rotatable bonds is 4. The van der Waals surface area contributed by atoms with Crippen LogP contribution in [0.25, 0.3) is 0 Å². The molecule has 0 saturated carbocycles. The Morgan fingerprint density at radius 1 is 1.64 bits per heavy atom. The zero-order valence-electron chi connectivity index (χ0n) is 7.40. The molecule has 0 heterocycles. The van der Waals surface area contributed by atoms with Crippen molar-refractivity contribution in [2.45, 2.75) is 32.2 Å². The third-order valence-corrected chi connectivity index (χ3v) is 1.82. The Balaban J connectivity index is 3.94. The van der Waals surface area contributed by atoms with Crippen molar-refractivity contribution in [3.05, 3.63) is 0 Å². The van der Waals surface area contributed by atoms with Crippen LogP contribution >= 0.6 is 0 Å². The molecule has 11 heavy (non-hydrogen) atoms. The molecule has 0 aromatic carbocycles. The molecule has 0 aliphatic heterocycles. The van der Waals surface area contributed by atoms with Crippen molar-refractivity contribution in [3.63, 3.8) is 0 Å². The second kappa shape index (κ2) is 4.15. The molecule has 0 fully saturated rings. The van der Waals surface area contributed by atoms with Crippen LogP contribution in [0.4, 0.5) is 0 Å². The molecule has 0 aliphatic carbocycles. The molecule has 0 atom stereocenters. The minimum atomic E-state index is -0.434. The molecule has 0 aromatic heterocycles. The number of hydrogen-bond donors (Lipinski definition) is 1. The van der Waals surface area contributed by atoms with E-state index in [0.717, 1.165) is 0 Å². The molecule has 0 spiro atoms. The van der Waals surface area contributed by atoms with E-state index in [-0.39, 0.29) is 5.78 Å². The summed E-state index contributed by atoms with van der Waals surface area (Å²) in [6, 6.07) is 0. The van der Waals surface area contributed by atoms with Crippen molar-refractivity contribution in [2.75, 3.05) is 7.05 Å². The Bertz CT molecular complexity index is 176. The van der Waals surface area contributed by atoms with E-state index in [4.69, 9.17) is 6.42 Å². The molecular formula is C9H15NO. The third-order valence-electron chi connectivity index (χ3n) is 1.82. The molecule has 0 aliphatic rings. The summed E-state index contributed by atoms with van der Waals surface area (Å²) in [7, 11) is 1.77. The molecule has 0 bridgehead atoms. The standard InChI is InChI=1S/C9H15NO/c1-5-6-7-8(11)9(2,3)10-4/h1,10H,6-7H2,2-4H3. The highest BCUT2D eigenvalue weighted by atomic mass is 16.1. The van der Waals surface area contributed by atoms with E-state index in [1.54, 1.807) is 7.05 Å². The number of Topliss-reactive ketones (excluding diaryl/α,β-unsaturated/α-hetero) is 1. The van der Waals surface area contributed by atoms with Crippen LogP contribution in [0.1, 0.15) is 26.7 Å². The molecule has 0 aromatic rings. The first-order chi connectivity index (χ1) is 5.04. The van der Waals surface area contributed by atoms with Gasteiger partial charge in [0.1, 0.15) is 0 Å². The Morgan fingerprint density at radius 2 is 2.18 bits per heavy atom. The number of likely N-dealkylation sites (N-methyl/N-ethyl adjacent to an activating group) is 1.